The molecule has 0 N–H and O–H groups in total. The van der Waals surface area contributed by atoms with E-state index in [4.69, 9.17) is 28.5 Å². The third kappa shape index (κ3) is 1.52. The lowest BCUT2D eigenvalue weighted by atomic mass is 10.1. The van der Waals surface area contributed by atoms with Gasteiger partial charge in [-0.15, -0.1) is 0 Å². The zero-order valence-electron chi connectivity index (χ0n) is 7.26. The predicted octanol–water partition coefficient (Wildman–Crippen LogP) is 3.55. The molecule has 0 aliphatic heterocycles. The van der Waals surface area contributed by atoms with Crippen LogP contribution < -0.4 is 0 Å². The number of nitrogens with zero attached hydrogens (tertiary/aromatic N) is 2. The smallest absolute Gasteiger partial charge is 0.134 e. The first-order valence-corrected chi connectivity index (χ1v) is 4.73. The monoisotopic (exact) mass is 240 g/mol. The Kier molecular flexibility index (Phi) is 2.47. The lowest BCUT2D eigenvalue weighted by molar-refractivity contribution is 0.639. The molecule has 0 unspecified atom stereocenters. The van der Waals surface area contributed by atoms with Crippen LogP contribution in [0.5, 0.6) is 0 Å². The topological polar surface area (TPSA) is 36.7 Å². The number of aromatic nitrogens is 1. The van der Waals surface area contributed by atoms with Gasteiger partial charge in [-0.1, -0.05) is 23.2 Å². The predicted molar refractivity (Wildman–Crippen MR) is 56.4 cm³/mol. The lowest BCUT2D eigenvalue weighted by Crippen LogP contribution is -1.89. The molecule has 0 bridgehead atoms. The molecule has 2 aromatic rings. The zero-order chi connectivity index (χ0) is 11.0. The summed E-state index contributed by atoms with van der Waals surface area (Å²) in [5.41, 5.74) is 0.394. The number of pyridine rings is 1. The van der Waals surface area contributed by atoms with Gasteiger partial charge in [0.1, 0.15) is 11.9 Å². The van der Waals surface area contributed by atoms with Crippen molar-refractivity contribution >= 4 is 34.1 Å². The molecule has 5 heteroatoms. The standard InChI is InChI=1S/C10H3Cl2FN2/c11-6-1-2-7(13)8-9(12)5(3-14)4-15-10(6)8/h1-2,4H. The Morgan fingerprint density at radius 1 is 1.33 bits per heavy atom. The molecule has 15 heavy (non-hydrogen) atoms. The maximum absolute atomic E-state index is 13.5. The van der Waals surface area contributed by atoms with Gasteiger partial charge in [-0.25, -0.2) is 4.39 Å². The van der Waals surface area contributed by atoms with E-state index in [1.165, 1.54) is 18.3 Å². The molecule has 0 amide bonds. The van der Waals surface area contributed by atoms with Gasteiger partial charge in [-0.05, 0) is 12.1 Å². The van der Waals surface area contributed by atoms with E-state index in [1.54, 1.807) is 0 Å². The van der Waals surface area contributed by atoms with Gasteiger partial charge in [-0.3, -0.25) is 4.98 Å². The van der Waals surface area contributed by atoms with E-state index in [2.05, 4.69) is 4.98 Å². The van der Waals surface area contributed by atoms with Crippen LogP contribution in [0.1, 0.15) is 5.56 Å². The van der Waals surface area contributed by atoms with Gasteiger partial charge in [0.2, 0.25) is 0 Å². The van der Waals surface area contributed by atoms with Crippen molar-refractivity contribution in [2.24, 2.45) is 0 Å². The van der Waals surface area contributed by atoms with Gasteiger partial charge in [-0.2, -0.15) is 5.26 Å². The third-order valence-electron chi connectivity index (χ3n) is 1.98. The van der Waals surface area contributed by atoms with Crippen molar-refractivity contribution in [1.29, 1.82) is 5.26 Å². The molecule has 0 saturated heterocycles. The van der Waals surface area contributed by atoms with Gasteiger partial charge >= 0.3 is 0 Å². The molecule has 2 rings (SSSR count). The van der Waals surface area contributed by atoms with Gasteiger partial charge in [0, 0.05) is 6.20 Å². The molecule has 0 saturated carbocycles. The first-order valence-electron chi connectivity index (χ1n) is 3.97. The molecule has 0 fully saturated rings. The van der Waals surface area contributed by atoms with Crippen molar-refractivity contribution in [3.05, 3.63) is 39.8 Å². The summed E-state index contributed by atoms with van der Waals surface area (Å²) >= 11 is 11.7. The Morgan fingerprint density at radius 3 is 2.73 bits per heavy atom. The highest BCUT2D eigenvalue weighted by atomic mass is 35.5. The number of fused-ring (bicyclic) bond motifs is 1. The van der Waals surface area contributed by atoms with Crippen LogP contribution in [0.2, 0.25) is 10.0 Å². The highest BCUT2D eigenvalue weighted by molar-refractivity contribution is 6.39. The molecule has 2 nitrogen and oxygen atoms in total. The first kappa shape index (κ1) is 10.2. The fourth-order valence-electron chi connectivity index (χ4n) is 1.27. The van der Waals surface area contributed by atoms with Crippen LogP contribution in [0.4, 0.5) is 4.39 Å². The van der Waals surface area contributed by atoms with Crippen molar-refractivity contribution in [3.63, 3.8) is 0 Å². The van der Waals surface area contributed by atoms with Crippen molar-refractivity contribution < 1.29 is 4.39 Å². The van der Waals surface area contributed by atoms with E-state index in [1.807, 2.05) is 6.07 Å². The van der Waals surface area contributed by atoms with Crippen LogP contribution in [0.3, 0.4) is 0 Å². The van der Waals surface area contributed by atoms with Crippen molar-refractivity contribution in [3.8, 4) is 6.07 Å². The first-order chi connectivity index (χ1) is 7.15. The molecule has 1 aromatic carbocycles. The molecule has 0 atom stereocenters. The van der Waals surface area contributed by atoms with Crippen LogP contribution in [-0.4, -0.2) is 4.98 Å². The number of hydrogen-bond donors (Lipinski definition) is 0. The van der Waals surface area contributed by atoms with Crippen LogP contribution in [0.25, 0.3) is 10.9 Å². The molecule has 0 radical (unpaired) electrons. The second-order valence-corrected chi connectivity index (χ2v) is 3.64. The summed E-state index contributed by atoms with van der Waals surface area (Å²) in [5, 5.41) is 9.14. The maximum Gasteiger partial charge on any atom is 0.134 e. The van der Waals surface area contributed by atoms with E-state index >= 15 is 0 Å². The Bertz CT molecular complexity index is 590. The Balaban J connectivity index is 3.00. The molecular formula is C10H3Cl2FN2. The van der Waals surface area contributed by atoms with Crippen molar-refractivity contribution in [1.82, 2.24) is 4.98 Å². The van der Waals surface area contributed by atoms with Gasteiger partial charge < -0.3 is 0 Å². The molecular weight excluding hydrogens is 238 g/mol. The number of hydrogen-bond acceptors (Lipinski definition) is 2. The van der Waals surface area contributed by atoms with E-state index in [-0.39, 0.29) is 21.5 Å². The van der Waals surface area contributed by atoms with Crippen LogP contribution >= 0.6 is 23.2 Å². The van der Waals surface area contributed by atoms with E-state index in [0.29, 0.717) is 5.02 Å². The maximum atomic E-state index is 13.5. The Hall–Kier alpha value is -1.37. The fraction of sp³-hybridized carbons (Fsp3) is 0. The van der Waals surface area contributed by atoms with Crippen molar-refractivity contribution in [2.75, 3.05) is 0 Å². The van der Waals surface area contributed by atoms with Crippen LogP contribution in [0.15, 0.2) is 18.3 Å². The highest BCUT2D eigenvalue weighted by Gasteiger charge is 2.12. The summed E-state index contributed by atoms with van der Waals surface area (Å²) < 4.78 is 13.5. The minimum absolute atomic E-state index is 0.0440. The zero-order valence-corrected chi connectivity index (χ0v) is 8.77. The average Bonchev–Trinajstić information content (AvgIpc) is 2.23. The second kappa shape index (κ2) is 3.65. The Labute approximate surface area is 94.9 Å². The minimum atomic E-state index is -0.538. The molecule has 0 spiro atoms. The SMILES string of the molecule is N#Cc1cnc2c(Cl)ccc(F)c2c1Cl. The normalized spacial score (nSPS) is 10.3. The van der Waals surface area contributed by atoms with Gasteiger partial charge in [0.25, 0.3) is 0 Å². The highest BCUT2D eigenvalue weighted by Crippen LogP contribution is 2.31. The molecule has 1 heterocycles. The van der Waals surface area contributed by atoms with E-state index in [9.17, 15) is 4.39 Å². The summed E-state index contributed by atoms with van der Waals surface area (Å²) in [5.74, 6) is -0.538. The number of benzene rings is 1. The second-order valence-electron chi connectivity index (χ2n) is 2.85. The number of halogens is 3. The van der Waals surface area contributed by atoms with Crippen molar-refractivity contribution in [2.45, 2.75) is 0 Å². The Morgan fingerprint density at radius 2 is 2.07 bits per heavy atom. The molecule has 74 valence electrons. The third-order valence-corrected chi connectivity index (χ3v) is 2.67. The van der Waals surface area contributed by atoms with Gasteiger partial charge in [0.05, 0.1) is 26.5 Å². The fourth-order valence-corrected chi connectivity index (χ4v) is 1.75. The van der Waals surface area contributed by atoms with Gasteiger partial charge in [0.15, 0.2) is 0 Å². The van der Waals surface area contributed by atoms with Crippen LogP contribution in [-0.2, 0) is 0 Å². The minimum Gasteiger partial charge on any atom is -0.253 e. The summed E-state index contributed by atoms with van der Waals surface area (Å²) in [7, 11) is 0. The lowest BCUT2D eigenvalue weighted by Gasteiger charge is -2.04. The number of nitriles is 1. The summed E-state index contributed by atoms with van der Waals surface area (Å²) in [6.45, 7) is 0. The number of rotatable bonds is 0. The molecule has 0 aliphatic rings. The summed E-state index contributed by atoms with van der Waals surface area (Å²) in [6.07, 6.45) is 1.27. The molecule has 1 aromatic heterocycles. The summed E-state index contributed by atoms with van der Waals surface area (Å²) in [6, 6.07) is 4.42. The summed E-state index contributed by atoms with van der Waals surface area (Å²) in [4.78, 5) is 3.89. The molecule has 0 aliphatic carbocycles. The van der Waals surface area contributed by atoms with E-state index in [0.717, 1.165) is 0 Å². The van der Waals surface area contributed by atoms with Crippen LogP contribution in [0, 0.1) is 17.1 Å². The van der Waals surface area contributed by atoms with E-state index < -0.39 is 5.82 Å². The quantitative estimate of drug-likeness (QED) is 0.707. The largest absolute Gasteiger partial charge is 0.253 e. The average molecular weight is 241 g/mol.